The Kier molecular flexibility index (Phi) is 4.36. The molecule has 8 heteroatoms. The van der Waals surface area contributed by atoms with E-state index >= 15 is 0 Å². The second kappa shape index (κ2) is 6.21. The van der Waals surface area contributed by atoms with Crippen LogP contribution in [-0.4, -0.2) is 45.2 Å². The highest BCUT2D eigenvalue weighted by Gasteiger charge is 2.34. The fourth-order valence-electron chi connectivity index (χ4n) is 2.10. The molecular weight excluding hydrogens is 278 g/mol. The van der Waals surface area contributed by atoms with Crippen LogP contribution in [0.15, 0.2) is 24.3 Å². The Morgan fingerprint density at radius 2 is 1.90 bits per heavy atom. The van der Waals surface area contributed by atoms with E-state index in [-0.39, 0.29) is 18.8 Å². The number of phenols is 1. The highest BCUT2D eigenvalue weighted by molar-refractivity contribution is 5.83. The summed E-state index contributed by atoms with van der Waals surface area (Å²) in [5.74, 6) is -1.25. The lowest BCUT2D eigenvalue weighted by Gasteiger charge is -2.20. The average Bonchev–Trinajstić information content (AvgIpc) is 2.46. The molecule has 0 aliphatic carbocycles. The normalized spacial score (nSPS) is 16.4. The molecule has 1 fully saturated rings. The number of aliphatic carboxylic acids is 1. The van der Waals surface area contributed by atoms with Crippen LogP contribution in [0.2, 0.25) is 0 Å². The van der Waals surface area contributed by atoms with Gasteiger partial charge in [-0.1, -0.05) is 17.1 Å². The van der Waals surface area contributed by atoms with Gasteiger partial charge in [-0.2, -0.15) is 0 Å². The number of hydrogen-bond acceptors (Lipinski definition) is 4. The maximum atomic E-state index is 12.0. The first kappa shape index (κ1) is 14.8. The predicted octanol–water partition coefficient (Wildman–Crippen LogP) is 1.02. The number of benzene rings is 1. The van der Waals surface area contributed by atoms with Gasteiger partial charge in [-0.05, 0) is 24.1 Å². The highest BCUT2D eigenvalue weighted by atomic mass is 16.4. The van der Waals surface area contributed by atoms with Crippen LogP contribution in [0.1, 0.15) is 24.4 Å². The SMILES string of the molecule is O=C(O)C(NC(=O)N1CCCC[N+]1=O)c1ccc(O)cc1. The number of nitroso groups, excluding NO2 is 1. The largest absolute Gasteiger partial charge is 0.508 e. The van der Waals surface area contributed by atoms with Crippen molar-refractivity contribution in [2.75, 3.05) is 13.1 Å². The molecule has 1 aliphatic heterocycles. The summed E-state index contributed by atoms with van der Waals surface area (Å²) in [5, 5.41) is 21.7. The Labute approximate surface area is 120 Å². The van der Waals surface area contributed by atoms with Crippen molar-refractivity contribution in [3.8, 4) is 5.75 Å². The zero-order valence-electron chi connectivity index (χ0n) is 11.2. The Bertz CT molecular complexity index is 557. The molecule has 21 heavy (non-hydrogen) atoms. The number of hydrazine groups is 1. The van der Waals surface area contributed by atoms with Crippen molar-refractivity contribution in [1.82, 2.24) is 10.3 Å². The molecule has 0 aromatic heterocycles. The number of aromatic hydroxyl groups is 1. The molecule has 112 valence electrons. The van der Waals surface area contributed by atoms with Gasteiger partial charge in [0.1, 0.15) is 10.6 Å². The number of rotatable bonds is 3. The Morgan fingerprint density at radius 1 is 1.24 bits per heavy atom. The van der Waals surface area contributed by atoms with E-state index in [2.05, 4.69) is 5.32 Å². The molecule has 8 nitrogen and oxygen atoms in total. The number of carboxylic acids is 1. The van der Waals surface area contributed by atoms with Crippen LogP contribution in [0.4, 0.5) is 4.79 Å². The Balaban J connectivity index is 2.12. The second-order valence-electron chi connectivity index (χ2n) is 4.72. The molecule has 2 rings (SSSR count). The Morgan fingerprint density at radius 3 is 2.48 bits per heavy atom. The molecule has 1 saturated heterocycles. The van der Waals surface area contributed by atoms with Crippen molar-refractivity contribution in [3.63, 3.8) is 0 Å². The number of carbonyl (C=O) groups excluding carboxylic acids is 1. The third-order valence-corrected chi connectivity index (χ3v) is 3.21. The number of amides is 2. The van der Waals surface area contributed by atoms with Gasteiger partial charge >= 0.3 is 12.0 Å². The molecule has 0 radical (unpaired) electrons. The van der Waals surface area contributed by atoms with Gasteiger partial charge in [-0.3, -0.25) is 0 Å². The third-order valence-electron chi connectivity index (χ3n) is 3.21. The number of phenolic OH excluding ortho intramolecular Hbond substituents is 1. The topological polar surface area (TPSA) is 110 Å². The minimum absolute atomic E-state index is 0.00372. The van der Waals surface area contributed by atoms with Gasteiger partial charge in [0.2, 0.25) is 6.54 Å². The summed E-state index contributed by atoms with van der Waals surface area (Å²) in [6, 6.07) is 3.44. The number of hydrogen-bond donors (Lipinski definition) is 3. The Hall–Kier alpha value is -2.64. The van der Waals surface area contributed by atoms with Gasteiger partial charge in [-0.15, -0.1) is 0 Å². The van der Waals surface area contributed by atoms with Gasteiger partial charge < -0.3 is 15.5 Å². The zero-order valence-corrected chi connectivity index (χ0v) is 11.2. The van der Waals surface area contributed by atoms with E-state index in [1.54, 1.807) is 0 Å². The van der Waals surface area contributed by atoms with Crippen LogP contribution in [0, 0.1) is 4.91 Å². The summed E-state index contributed by atoms with van der Waals surface area (Å²) in [7, 11) is 0. The minimum atomic E-state index is -1.28. The van der Waals surface area contributed by atoms with E-state index in [1.165, 1.54) is 24.3 Å². The van der Waals surface area contributed by atoms with Crippen molar-refractivity contribution in [1.29, 1.82) is 0 Å². The van der Waals surface area contributed by atoms with E-state index in [0.717, 1.165) is 5.01 Å². The van der Waals surface area contributed by atoms with Crippen molar-refractivity contribution in [3.05, 3.63) is 34.7 Å². The molecule has 1 heterocycles. The van der Waals surface area contributed by atoms with Gasteiger partial charge in [0.25, 0.3) is 0 Å². The van der Waals surface area contributed by atoms with Crippen molar-refractivity contribution < 1.29 is 24.7 Å². The summed E-state index contributed by atoms with van der Waals surface area (Å²) in [6.07, 6.45) is 1.40. The van der Waals surface area contributed by atoms with Crippen molar-refractivity contribution in [2.24, 2.45) is 0 Å². The molecule has 1 aliphatic rings. The van der Waals surface area contributed by atoms with Gasteiger partial charge in [0.15, 0.2) is 6.04 Å². The smallest absolute Gasteiger partial charge is 0.374 e. The van der Waals surface area contributed by atoms with Crippen LogP contribution >= 0.6 is 0 Å². The molecule has 0 bridgehead atoms. The van der Waals surface area contributed by atoms with Gasteiger partial charge in [0, 0.05) is 6.42 Å². The molecule has 0 spiro atoms. The summed E-state index contributed by atoms with van der Waals surface area (Å²) in [6.45, 7) is 0.474. The molecule has 2 amide bonds. The first-order valence-corrected chi connectivity index (χ1v) is 6.53. The fourth-order valence-corrected chi connectivity index (χ4v) is 2.10. The molecular formula is C13H16N3O5+. The van der Waals surface area contributed by atoms with Crippen LogP contribution in [-0.2, 0) is 4.79 Å². The van der Waals surface area contributed by atoms with Crippen molar-refractivity contribution >= 4 is 12.0 Å². The second-order valence-corrected chi connectivity index (χ2v) is 4.72. The predicted molar refractivity (Wildman–Crippen MR) is 71.4 cm³/mol. The summed E-state index contributed by atoms with van der Waals surface area (Å²) in [4.78, 5) is 35.4. The number of nitrogens with one attached hydrogen (secondary N) is 1. The number of carbonyl (C=O) groups is 2. The third kappa shape index (κ3) is 3.47. The van der Waals surface area contributed by atoms with E-state index in [0.29, 0.717) is 23.3 Å². The standard InChI is InChI=1S/C13H15N3O5/c17-10-5-3-9(4-6-10)11(12(18)19)14-13(20)15-7-1-2-8-16(15)21/h3-6,11H,1-2,7-8H2,(H2-,14,17,18,19,20)/p+1. The molecule has 0 saturated carbocycles. The van der Waals surface area contributed by atoms with Crippen LogP contribution in [0.25, 0.3) is 0 Å². The zero-order chi connectivity index (χ0) is 15.4. The quantitative estimate of drug-likeness (QED) is 0.721. The van der Waals surface area contributed by atoms with Gasteiger partial charge in [-0.25, -0.2) is 9.59 Å². The number of urea groups is 1. The lowest BCUT2D eigenvalue weighted by Crippen LogP contribution is -2.50. The molecule has 1 aromatic rings. The van der Waals surface area contributed by atoms with E-state index in [4.69, 9.17) is 0 Å². The molecule has 1 atom stereocenters. The minimum Gasteiger partial charge on any atom is -0.508 e. The summed E-state index contributed by atoms with van der Waals surface area (Å²) >= 11 is 0. The maximum Gasteiger partial charge on any atom is 0.374 e. The highest BCUT2D eigenvalue weighted by Crippen LogP contribution is 2.18. The van der Waals surface area contributed by atoms with E-state index in [9.17, 15) is 24.7 Å². The number of carboxylic acid groups (broad SMARTS) is 1. The molecule has 3 N–H and O–H groups in total. The number of nitrogens with zero attached hydrogens (tertiary/aromatic N) is 2. The summed E-state index contributed by atoms with van der Waals surface area (Å²) < 4.78 is 0. The van der Waals surface area contributed by atoms with Crippen LogP contribution < -0.4 is 5.32 Å². The molecule has 1 aromatic carbocycles. The van der Waals surface area contributed by atoms with E-state index < -0.39 is 18.0 Å². The van der Waals surface area contributed by atoms with E-state index in [1.807, 2.05) is 0 Å². The monoisotopic (exact) mass is 294 g/mol. The molecule has 1 unspecified atom stereocenters. The lowest BCUT2D eigenvalue weighted by molar-refractivity contribution is -0.695. The van der Waals surface area contributed by atoms with Crippen LogP contribution in [0.5, 0.6) is 5.75 Å². The van der Waals surface area contributed by atoms with Gasteiger partial charge in [0.05, 0.1) is 11.5 Å². The lowest BCUT2D eigenvalue weighted by atomic mass is 10.1. The average molecular weight is 294 g/mol. The van der Waals surface area contributed by atoms with Crippen molar-refractivity contribution in [2.45, 2.75) is 18.9 Å². The maximum absolute atomic E-state index is 12.0. The first-order chi connectivity index (χ1) is 9.99. The summed E-state index contributed by atoms with van der Waals surface area (Å²) in [5.41, 5.74) is 0.308. The first-order valence-electron chi connectivity index (χ1n) is 6.53. The fraction of sp³-hybridized carbons (Fsp3) is 0.385. The van der Waals surface area contributed by atoms with Crippen LogP contribution in [0.3, 0.4) is 0 Å².